The van der Waals surface area contributed by atoms with E-state index in [1.807, 2.05) is 19.1 Å². The number of aromatic nitrogens is 2. The number of aromatic amines is 1. The number of halogens is 3. The predicted molar refractivity (Wildman–Crippen MR) is 66.1 cm³/mol. The monoisotopic (exact) mass is 262 g/mol. The number of fused-ring (bicyclic) bond motifs is 1. The van der Waals surface area contributed by atoms with Crippen molar-refractivity contribution < 1.29 is 13.2 Å². The number of nitrogens with one attached hydrogen (secondary N) is 1. The van der Waals surface area contributed by atoms with Crippen molar-refractivity contribution in [3.63, 3.8) is 0 Å². The number of imidazole rings is 1. The van der Waals surface area contributed by atoms with Crippen LogP contribution < -0.4 is 0 Å². The van der Waals surface area contributed by atoms with Crippen LogP contribution in [0.5, 0.6) is 0 Å². The van der Waals surface area contributed by atoms with E-state index < -0.39 is 17.5 Å². The van der Waals surface area contributed by atoms with E-state index in [4.69, 9.17) is 0 Å². The Hall–Kier alpha value is -2.30. The molecule has 96 valence electrons. The van der Waals surface area contributed by atoms with Gasteiger partial charge < -0.3 is 4.98 Å². The first kappa shape index (κ1) is 11.8. The van der Waals surface area contributed by atoms with Crippen LogP contribution in [0.4, 0.5) is 13.2 Å². The average molecular weight is 262 g/mol. The highest BCUT2D eigenvalue weighted by molar-refractivity contribution is 5.79. The van der Waals surface area contributed by atoms with Crippen LogP contribution in [0.3, 0.4) is 0 Å². The van der Waals surface area contributed by atoms with Gasteiger partial charge in [0.25, 0.3) is 0 Å². The molecule has 0 spiro atoms. The molecule has 19 heavy (non-hydrogen) atoms. The summed E-state index contributed by atoms with van der Waals surface area (Å²) in [6, 6.07) is 7.41. The SMILES string of the molecule is Cc1ccc2nc(-c3cc(F)c(F)c(F)c3)[nH]c2c1. The van der Waals surface area contributed by atoms with Crippen molar-refractivity contribution in [1.82, 2.24) is 9.97 Å². The van der Waals surface area contributed by atoms with Gasteiger partial charge in [-0.2, -0.15) is 0 Å². The highest BCUT2D eigenvalue weighted by atomic mass is 19.2. The Balaban J connectivity index is 2.19. The van der Waals surface area contributed by atoms with Gasteiger partial charge in [-0.3, -0.25) is 0 Å². The molecule has 1 aromatic heterocycles. The van der Waals surface area contributed by atoms with Crippen molar-refractivity contribution in [2.24, 2.45) is 0 Å². The van der Waals surface area contributed by atoms with E-state index in [2.05, 4.69) is 9.97 Å². The fraction of sp³-hybridized carbons (Fsp3) is 0.0714. The molecule has 0 bridgehead atoms. The van der Waals surface area contributed by atoms with E-state index in [1.165, 1.54) is 0 Å². The number of nitrogens with zero attached hydrogens (tertiary/aromatic N) is 1. The molecule has 2 aromatic carbocycles. The maximum absolute atomic E-state index is 13.2. The molecule has 1 heterocycles. The highest BCUT2D eigenvalue weighted by Gasteiger charge is 2.13. The summed E-state index contributed by atoms with van der Waals surface area (Å²) >= 11 is 0. The fourth-order valence-corrected chi connectivity index (χ4v) is 1.95. The smallest absolute Gasteiger partial charge is 0.194 e. The van der Waals surface area contributed by atoms with Crippen molar-refractivity contribution in [3.05, 3.63) is 53.3 Å². The molecule has 3 aromatic rings. The van der Waals surface area contributed by atoms with Crippen molar-refractivity contribution in [2.75, 3.05) is 0 Å². The quantitative estimate of drug-likeness (QED) is 0.661. The Morgan fingerprint density at radius 2 is 1.68 bits per heavy atom. The summed E-state index contributed by atoms with van der Waals surface area (Å²) in [5.74, 6) is -3.63. The average Bonchev–Trinajstić information content (AvgIpc) is 2.78. The Bertz CT molecular complexity index is 754. The second-order valence-electron chi connectivity index (χ2n) is 4.36. The van der Waals surface area contributed by atoms with Gasteiger partial charge in [-0.1, -0.05) is 6.07 Å². The van der Waals surface area contributed by atoms with Crippen LogP contribution in [-0.2, 0) is 0 Å². The maximum atomic E-state index is 13.2. The maximum Gasteiger partial charge on any atom is 0.194 e. The summed E-state index contributed by atoms with van der Waals surface area (Å²) < 4.78 is 39.3. The van der Waals surface area contributed by atoms with E-state index in [0.717, 1.165) is 23.2 Å². The summed E-state index contributed by atoms with van der Waals surface area (Å²) in [5.41, 5.74) is 2.66. The fourth-order valence-electron chi connectivity index (χ4n) is 1.95. The van der Waals surface area contributed by atoms with E-state index in [-0.39, 0.29) is 5.56 Å². The Morgan fingerprint density at radius 1 is 1.00 bits per heavy atom. The molecular weight excluding hydrogens is 253 g/mol. The van der Waals surface area contributed by atoms with Gasteiger partial charge in [0.05, 0.1) is 11.0 Å². The van der Waals surface area contributed by atoms with Crippen LogP contribution in [0.15, 0.2) is 30.3 Å². The van der Waals surface area contributed by atoms with Gasteiger partial charge in [-0.05, 0) is 36.8 Å². The van der Waals surface area contributed by atoms with Crippen LogP contribution >= 0.6 is 0 Å². The second-order valence-corrected chi connectivity index (χ2v) is 4.36. The van der Waals surface area contributed by atoms with Crippen LogP contribution in [-0.4, -0.2) is 9.97 Å². The first-order chi connectivity index (χ1) is 9.04. The molecule has 1 N–H and O–H groups in total. The summed E-state index contributed by atoms with van der Waals surface area (Å²) in [7, 11) is 0. The number of rotatable bonds is 1. The summed E-state index contributed by atoms with van der Waals surface area (Å²) in [6.45, 7) is 1.93. The molecule has 5 heteroatoms. The van der Waals surface area contributed by atoms with Crippen molar-refractivity contribution >= 4 is 11.0 Å². The van der Waals surface area contributed by atoms with E-state index >= 15 is 0 Å². The molecule has 0 amide bonds. The summed E-state index contributed by atoms with van der Waals surface area (Å²) in [4.78, 5) is 7.18. The standard InChI is InChI=1S/C14H9F3N2/c1-7-2-3-11-12(4-7)19-14(18-11)8-5-9(15)13(17)10(16)6-8/h2-6H,1H3,(H,18,19). The highest BCUT2D eigenvalue weighted by Crippen LogP contribution is 2.24. The molecule has 2 nitrogen and oxygen atoms in total. The lowest BCUT2D eigenvalue weighted by atomic mass is 10.2. The lowest BCUT2D eigenvalue weighted by molar-refractivity contribution is 0.447. The Kier molecular flexibility index (Phi) is 2.55. The molecule has 0 radical (unpaired) electrons. The summed E-state index contributed by atoms with van der Waals surface area (Å²) in [5, 5.41) is 0. The zero-order chi connectivity index (χ0) is 13.6. The third-order valence-corrected chi connectivity index (χ3v) is 2.89. The number of aryl methyl sites for hydroxylation is 1. The zero-order valence-corrected chi connectivity index (χ0v) is 9.97. The minimum absolute atomic E-state index is 0.172. The molecule has 0 saturated carbocycles. The normalized spacial score (nSPS) is 11.2. The number of H-pyrrole nitrogens is 1. The van der Waals surface area contributed by atoms with Gasteiger partial charge in [0.1, 0.15) is 5.82 Å². The molecule has 0 fully saturated rings. The number of hydrogen-bond acceptors (Lipinski definition) is 1. The minimum atomic E-state index is -1.48. The minimum Gasteiger partial charge on any atom is -0.338 e. The molecule has 0 aliphatic carbocycles. The van der Waals surface area contributed by atoms with Gasteiger partial charge in [0, 0.05) is 5.56 Å². The third-order valence-electron chi connectivity index (χ3n) is 2.89. The van der Waals surface area contributed by atoms with Crippen LogP contribution in [0.1, 0.15) is 5.56 Å². The predicted octanol–water partition coefficient (Wildman–Crippen LogP) is 3.96. The van der Waals surface area contributed by atoms with Crippen molar-refractivity contribution in [1.29, 1.82) is 0 Å². The first-order valence-electron chi connectivity index (χ1n) is 5.66. The molecule has 0 atom stereocenters. The molecule has 0 unspecified atom stereocenters. The second kappa shape index (κ2) is 4.12. The van der Waals surface area contributed by atoms with Crippen LogP contribution in [0, 0.1) is 24.4 Å². The first-order valence-corrected chi connectivity index (χ1v) is 5.66. The Morgan fingerprint density at radius 3 is 2.37 bits per heavy atom. The third kappa shape index (κ3) is 1.97. The van der Waals surface area contributed by atoms with Crippen molar-refractivity contribution in [2.45, 2.75) is 6.92 Å². The molecule has 0 saturated heterocycles. The lowest BCUT2D eigenvalue weighted by Gasteiger charge is -1.99. The van der Waals surface area contributed by atoms with Gasteiger partial charge >= 0.3 is 0 Å². The van der Waals surface area contributed by atoms with Crippen molar-refractivity contribution in [3.8, 4) is 11.4 Å². The van der Waals surface area contributed by atoms with Gasteiger partial charge in [-0.15, -0.1) is 0 Å². The van der Waals surface area contributed by atoms with Crippen LogP contribution in [0.2, 0.25) is 0 Å². The largest absolute Gasteiger partial charge is 0.338 e. The van der Waals surface area contributed by atoms with Gasteiger partial charge in [0.15, 0.2) is 17.5 Å². The lowest BCUT2D eigenvalue weighted by Crippen LogP contribution is -1.92. The molecular formula is C14H9F3N2. The molecule has 3 rings (SSSR count). The number of benzene rings is 2. The van der Waals surface area contributed by atoms with E-state index in [0.29, 0.717) is 11.3 Å². The van der Waals surface area contributed by atoms with E-state index in [9.17, 15) is 13.2 Å². The van der Waals surface area contributed by atoms with E-state index in [1.54, 1.807) is 6.07 Å². The number of hydrogen-bond donors (Lipinski definition) is 1. The Labute approximate surface area is 106 Å². The topological polar surface area (TPSA) is 28.7 Å². The molecule has 0 aliphatic heterocycles. The summed E-state index contributed by atoms with van der Waals surface area (Å²) in [6.07, 6.45) is 0. The molecule has 0 aliphatic rings. The van der Waals surface area contributed by atoms with Crippen LogP contribution in [0.25, 0.3) is 22.4 Å². The van der Waals surface area contributed by atoms with Gasteiger partial charge in [0.2, 0.25) is 0 Å². The van der Waals surface area contributed by atoms with Gasteiger partial charge in [-0.25, -0.2) is 18.2 Å². The zero-order valence-electron chi connectivity index (χ0n) is 9.97.